The van der Waals surface area contributed by atoms with Gasteiger partial charge in [-0.2, -0.15) is 5.10 Å². The van der Waals surface area contributed by atoms with E-state index in [-0.39, 0.29) is 5.91 Å². The monoisotopic (exact) mass is 341 g/mol. The second-order valence-electron chi connectivity index (χ2n) is 6.87. The van der Waals surface area contributed by atoms with Gasteiger partial charge in [-0.3, -0.25) is 4.79 Å². The fourth-order valence-electron chi connectivity index (χ4n) is 3.54. The minimum Gasteiger partial charge on any atom is -0.494 e. The van der Waals surface area contributed by atoms with E-state index in [0.29, 0.717) is 5.69 Å². The number of amides is 1. The van der Waals surface area contributed by atoms with Gasteiger partial charge in [-0.25, -0.2) is 4.68 Å². The summed E-state index contributed by atoms with van der Waals surface area (Å²) in [5.41, 5.74) is 2.39. The highest BCUT2D eigenvalue weighted by Gasteiger charge is 2.15. The summed E-state index contributed by atoms with van der Waals surface area (Å²) in [5, 5.41) is 7.39. The number of benzene rings is 1. The number of hydrogen-bond acceptors (Lipinski definition) is 3. The number of nitrogens with one attached hydrogen (secondary N) is 1. The van der Waals surface area contributed by atoms with Gasteiger partial charge in [0.2, 0.25) is 0 Å². The van der Waals surface area contributed by atoms with Crippen molar-refractivity contribution in [2.75, 3.05) is 13.7 Å². The van der Waals surface area contributed by atoms with Crippen molar-refractivity contribution in [2.24, 2.45) is 5.92 Å². The Kier molecular flexibility index (Phi) is 5.74. The fourth-order valence-corrected chi connectivity index (χ4v) is 3.54. The Morgan fingerprint density at radius 1 is 1.32 bits per heavy atom. The second kappa shape index (κ2) is 8.19. The average molecular weight is 341 g/mol. The molecule has 5 nitrogen and oxygen atoms in total. The van der Waals surface area contributed by atoms with E-state index in [2.05, 4.69) is 10.4 Å². The third kappa shape index (κ3) is 4.41. The van der Waals surface area contributed by atoms with E-state index in [1.54, 1.807) is 24.1 Å². The largest absolute Gasteiger partial charge is 0.494 e. The molecule has 1 N–H and O–H groups in total. The van der Waals surface area contributed by atoms with Crippen molar-refractivity contribution in [1.29, 1.82) is 0 Å². The van der Waals surface area contributed by atoms with Gasteiger partial charge >= 0.3 is 0 Å². The molecule has 1 aliphatic rings. The molecule has 5 heteroatoms. The standard InChI is InChI=1S/C20H27N3O2/c1-15-9-10-19(25-2)18(14-15)23-13-11-17(22-23)20(24)21-12-5-8-16-6-3-4-7-16/h9-11,13-14,16H,3-8,12H2,1-2H3,(H,21,24). The zero-order valence-corrected chi connectivity index (χ0v) is 15.1. The Labute approximate surface area is 149 Å². The minimum atomic E-state index is -0.114. The first-order valence-corrected chi connectivity index (χ1v) is 9.16. The van der Waals surface area contributed by atoms with Gasteiger partial charge < -0.3 is 10.1 Å². The Morgan fingerprint density at radius 2 is 2.12 bits per heavy atom. The van der Waals surface area contributed by atoms with Crippen molar-refractivity contribution in [3.8, 4) is 11.4 Å². The summed E-state index contributed by atoms with van der Waals surface area (Å²) in [6, 6.07) is 7.64. The van der Waals surface area contributed by atoms with Gasteiger partial charge in [0.15, 0.2) is 5.69 Å². The molecule has 0 unspecified atom stereocenters. The van der Waals surface area contributed by atoms with Crippen LogP contribution in [0.1, 0.15) is 54.6 Å². The van der Waals surface area contributed by atoms with Crippen LogP contribution in [0.5, 0.6) is 5.75 Å². The molecule has 1 amide bonds. The molecule has 1 saturated carbocycles. The summed E-state index contributed by atoms with van der Waals surface area (Å²) < 4.78 is 7.08. The zero-order chi connectivity index (χ0) is 17.6. The van der Waals surface area contributed by atoms with E-state index < -0.39 is 0 Å². The van der Waals surface area contributed by atoms with Gasteiger partial charge in [-0.15, -0.1) is 0 Å². The van der Waals surface area contributed by atoms with Gasteiger partial charge in [0.25, 0.3) is 5.91 Å². The number of rotatable bonds is 7. The lowest BCUT2D eigenvalue weighted by Gasteiger charge is -2.09. The smallest absolute Gasteiger partial charge is 0.271 e. The third-order valence-corrected chi connectivity index (χ3v) is 4.95. The molecular weight excluding hydrogens is 314 g/mol. The Balaban J connectivity index is 1.57. The van der Waals surface area contributed by atoms with Crippen LogP contribution in [0.15, 0.2) is 30.5 Å². The molecule has 2 aromatic rings. The Hall–Kier alpha value is -2.30. The summed E-state index contributed by atoms with van der Waals surface area (Å²) >= 11 is 0. The number of methoxy groups -OCH3 is 1. The SMILES string of the molecule is COc1ccc(C)cc1-n1ccc(C(=O)NCCCC2CCCC2)n1. The van der Waals surface area contributed by atoms with E-state index in [4.69, 9.17) is 4.74 Å². The van der Waals surface area contributed by atoms with Crippen molar-refractivity contribution in [3.05, 3.63) is 41.7 Å². The van der Waals surface area contributed by atoms with Crippen molar-refractivity contribution in [3.63, 3.8) is 0 Å². The molecule has 1 heterocycles. The summed E-state index contributed by atoms with van der Waals surface area (Å²) in [6.45, 7) is 2.74. The normalized spacial score (nSPS) is 14.6. The molecule has 0 atom stereocenters. The van der Waals surface area contributed by atoms with Crippen LogP contribution in [0.3, 0.4) is 0 Å². The second-order valence-corrected chi connectivity index (χ2v) is 6.87. The Bertz CT molecular complexity index is 717. The quantitative estimate of drug-likeness (QED) is 0.777. The number of carbonyl (C=O) groups excluding carboxylic acids is 1. The van der Waals surface area contributed by atoms with Crippen molar-refractivity contribution in [1.82, 2.24) is 15.1 Å². The maximum atomic E-state index is 12.3. The first-order chi connectivity index (χ1) is 12.2. The van der Waals surface area contributed by atoms with Gasteiger partial charge in [0.05, 0.1) is 7.11 Å². The van der Waals surface area contributed by atoms with Crippen LogP contribution in [0.2, 0.25) is 0 Å². The predicted octanol–water partition coefficient (Wildman–Crippen LogP) is 3.89. The third-order valence-electron chi connectivity index (χ3n) is 4.95. The molecule has 1 aromatic heterocycles. The lowest BCUT2D eigenvalue weighted by molar-refractivity contribution is 0.0947. The molecule has 0 bridgehead atoms. The first-order valence-electron chi connectivity index (χ1n) is 9.16. The van der Waals surface area contributed by atoms with Crippen LogP contribution in [0.4, 0.5) is 0 Å². The van der Waals surface area contributed by atoms with Crippen molar-refractivity contribution in [2.45, 2.75) is 45.4 Å². The number of aromatic nitrogens is 2. The van der Waals surface area contributed by atoms with Gasteiger partial charge in [0, 0.05) is 12.7 Å². The van der Waals surface area contributed by atoms with Gasteiger partial charge in [-0.1, -0.05) is 31.7 Å². The van der Waals surface area contributed by atoms with Crippen LogP contribution in [0, 0.1) is 12.8 Å². The first kappa shape index (κ1) is 17.5. The van der Waals surface area contributed by atoms with Crippen LogP contribution in [-0.4, -0.2) is 29.3 Å². The average Bonchev–Trinajstić information content (AvgIpc) is 3.30. The number of ether oxygens (including phenoxy) is 1. The van der Waals surface area contributed by atoms with E-state index in [0.717, 1.165) is 35.9 Å². The molecule has 1 aliphatic carbocycles. The lowest BCUT2D eigenvalue weighted by Crippen LogP contribution is -2.25. The van der Waals surface area contributed by atoms with Crippen LogP contribution in [0.25, 0.3) is 5.69 Å². The highest BCUT2D eigenvalue weighted by molar-refractivity contribution is 5.92. The van der Waals surface area contributed by atoms with Crippen molar-refractivity contribution >= 4 is 5.91 Å². The minimum absolute atomic E-state index is 0.114. The molecule has 0 spiro atoms. The molecule has 1 fully saturated rings. The highest BCUT2D eigenvalue weighted by atomic mass is 16.5. The molecule has 0 radical (unpaired) electrons. The van der Waals surface area contributed by atoms with E-state index >= 15 is 0 Å². The Morgan fingerprint density at radius 3 is 2.88 bits per heavy atom. The molecule has 3 rings (SSSR count). The van der Waals surface area contributed by atoms with Crippen LogP contribution < -0.4 is 10.1 Å². The number of hydrogen-bond donors (Lipinski definition) is 1. The van der Waals surface area contributed by atoms with E-state index in [1.807, 2.05) is 25.1 Å². The molecule has 25 heavy (non-hydrogen) atoms. The predicted molar refractivity (Wildman–Crippen MR) is 98.4 cm³/mol. The molecular formula is C20H27N3O2. The molecule has 134 valence electrons. The topological polar surface area (TPSA) is 56.1 Å². The zero-order valence-electron chi connectivity index (χ0n) is 15.1. The maximum Gasteiger partial charge on any atom is 0.271 e. The van der Waals surface area contributed by atoms with E-state index in [1.165, 1.54) is 32.1 Å². The summed E-state index contributed by atoms with van der Waals surface area (Å²) in [6.07, 6.45) is 9.52. The molecule has 0 aliphatic heterocycles. The number of carbonyl (C=O) groups is 1. The maximum absolute atomic E-state index is 12.3. The van der Waals surface area contributed by atoms with Crippen LogP contribution >= 0.6 is 0 Å². The van der Waals surface area contributed by atoms with E-state index in [9.17, 15) is 4.79 Å². The lowest BCUT2D eigenvalue weighted by atomic mass is 10.0. The summed E-state index contributed by atoms with van der Waals surface area (Å²) in [4.78, 5) is 12.3. The number of nitrogens with zero attached hydrogens (tertiary/aromatic N) is 2. The summed E-state index contributed by atoms with van der Waals surface area (Å²) in [5.74, 6) is 1.49. The fraction of sp³-hybridized carbons (Fsp3) is 0.500. The number of aryl methyl sites for hydroxylation is 1. The highest BCUT2D eigenvalue weighted by Crippen LogP contribution is 2.28. The van der Waals surface area contributed by atoms with Crippen molar-refractivity contribution < 1.29 is 9.53 Å². The van der Waals surface area contributed by atoms with Crippen LogP contribution in [-0.2, 0) is 0 Å². The van der Waals surface area contributed by atoms with Gasteiger partial charge in [-0.05, 0) is 49.4 Å². The molecule has 1 aromatic carbocycles. The van der Waals surface area contributed by atoms with Gasteiger partial charge in [0.1, 0.15) is 11.4 Å². The summed E-state index contributed by atoms with van der Waals surface area (Å²) in [7, 11) is 1.63. The molecule has 0 saturated heterocycles.